The van der Waals surface area contributed by atoms with Crippen molar-refractivity contribution in [2.45, 2.75) is 38.8 Å². The quantitative estimate of drug-likeness (QED) is 0.910. The zero-order valence-corrected chi connectivity index (χ0v) is 15.3. The van der Waals surface area contributed by atoms with E-state index in [9.17, 15) is 4.79 Å². The van der Waals surface area contributed by atoms with Crippen molar-refractivity contribution in [3.63, 3.8) is 0 Å². The number of aryl methyl sites for hydroxylation is 1. The van der Waals surface area contributed by atoms with Crippen LogP contribution in [0.2, 0.25) is 0 Å². The predicted octanol–water partition coefficient (Wildman–Crippen LogP) is 2.85. The van der Waals surface area contributed by atoms with Crippen molar-refractivity contribution in [2.24, 2.45) is 5.92 Å². The molecule has 0 spiro atoms. The van der Waals surface area contributed by atoms with Crippen molar-refractivity contribution in [1.82, 2.24) is 20.4 Å². The standard InChI is InChI=1S/C18H22N4O2S/c1-11-16(13-7-9-22(11)10-8-13)19-17(23)14-3-5-15(6-4-14)24-18-21-20-12(2)25-18/h3-6,11,13,16H,7-10H2,1-2H3,(H,19,23)/t11-,16+/m1/s1. The molecule has 0 radical (unpaired) electrons. The normalized spacial score (nSPS) is 27.9. The van der Waals surface area contributed by atoms with E-state index >= 15 is 0 Å². The van der Waals surface area contributed by atoms with Crippen molar-refractivity contribution in [1.29, 1.82) is 0 Å². The molecule has 2 aromatic rings. The number of fused-ring (bicyclic) bond motifs is 3. The Hall–Kier alpha value is -1.99. The average Bonchev–Trinajstić information content (AvgIpc) is 3.04. The first-order valence-corrected chi connectivity index (χ1v) is 9.55. The summed E-state index contributed by atoms with van der Waals surface area (Å²) >= 11 is 1.40. The third-order valence-corrected chi connectivity index (χ3v) is 6.02. The fourth-order valence-corrected chi connectivity index (χ4v) is 4.43. The highest BCUT2D eigenvalue weighted by molar-refractivity contribution is 7.13. The Kier molecular flexibility index (Phi) is 4.43. The molecule has 5 rings (SSSR count). The number of nitrogens with one attached hydrogen (secondary N) is 1. The molecule has 6 nitrogen and oxygen atoms in total. The van der Waals surface area contributed by atoms with Crippen LogP contribution in [0.4, 0.5) is 0 Å². The van der Waals surface area contributed by atoms with Gasteiger partial charge in [0.25, 0.3) is 11.1 Å². The maximum atomic E-state index is 12.6. The Labute approximate surface area is 151 Å². The third-order valence-electron chi connectivity index (χ3n) is 5.30. The summed E-state index contributed by atoms with van der Waals surface area (Å²) in [6.45, 7) is 6.43. The van der Waals surface area contributed by atoms with Crippen LogP contribution < -0.4 is 10.1 Å². The van der Waals surface area contributed by atoms with E-state index in [1.165, 1.54) is 24.2 Å². The molecule has 1 aromatic carbocycles. The SMILES string of the molecule is Cc1nnc(Oc2ccc(C(=O)N[C@@H]3C4CCN(CC4)[C@@H]3C)cc2)s1. The molecule has 4 heterocycles. The van der Waals surface area contributed by atoms with Crippen LogP contribution in [0, 0.1) is 12.8 Å². The fraction of sp³-hybridized carbons (Fsp3) is 0.500. The second kappa shape index (κ2) is 6.72. The van der Waals surface area contributed by atoms with Gasteiger partial charge in [0.1, 0.15) is 10.8 Å². The summed E-state index contributed by atoms with van der Waals surface area (Å²) in [6.07, 6.45) is 2.37. The van der Waals surface area contributed by atoms with Crippen LogP contribution in [0.5, 0.6) is 10.9 Å². The van der Waals surface area contributed by atoms with Gasteiger partial charge in [-0.05, 0) is 70.0 Å². The zero-order chi connectivity index (χ0) is 17.4. The minimum Gasteiger partial charge on any atom is -0.430 e. The average molecular weight is 358 g/mol. The minimum atomic E-state index is -0.0103. The number of amides is 1. The largest absolute Gasteiger partial charge is 0.430 e. The van der Waals surface area contributed by atoms with Gasteiger partial charge in [-0.2, -0.15) is 0 Å². The third kappa shape index (κ3) is 3.39. The van der Waals surface area contributed by atoms with E-state index in [1.54, 1.807) is 24.3 Å². The fourth-order valence-electron chi connectivity index (χ4n) is 3.87. The predicted molar refractivity (Wildman–Crippen MR) is 96.2 cm³/mol. The lowest BCUT2D eigenvalue weighted by Crippen LogP contribution is -2.62. The Morgan fingerprint density at radius 2 is 1.96 bits per heavy atom. The topological polar surface area (TPSA) is 67.3 Å². The number of rotatable bonds is 4. The molecule has 7 heteroatoms. The molecule has 1 N–H and O–H groups in total. The summed E-state index contributed by atoms with van der Waals surface area (Å²) < 4.78 is 5.65. The van der Waals surface area contributed by atoms with E-state index in [4.69, 9.17) is 4.74 Å². The Morgan fingerprint density at radius 3 is 2.56 bits per heavy atom. The number of nitrogens with zero attached hydrogens (tertiary/aromatic N) is 3. The van der Waals surface area contributed by atoms with Gasteiger partial charge >= 0.3 is 0 Å². The number of aromatic nitrogens is 2. The van der Waals surface area contributed by atoms with Gasteiger partial charge in [0.05, 0.1) is 0 Å². The first-order valence-electron chi connectivity index (χ1n) is 8.73. The Bertz CT molecular complexity index is 751. The first kappa shape index (κ1) is 16.5. The van der Waals surface area contributed by atoms with Gasteiger partial charge in [0.2, 0.25) is 0 Å². The van der Waals surface area contributed by atoms with Crippen LogP contribution in [0.1, 0.15) is 35.1 Å². The van der Waals surface area contributed by atoms with Crippen LogP contribution in [0.15, 0.2) is 24.3 Å². The van der Waals surface area contributed by atoms with E-state index in [-0.39, 0.29) is 11.9 Å². The molecule has 3 aliphatic heterocycles. The van der Waals surface area contributed by atoms with Crippen molar-refractivity contribution >= 4 is 17.2 Å². The lowest BCUT2D eigenvalue weighted by atomic mass is 9.79. The number of hydrogen-bond acceptors (Lipinski definition) is 6. The number of carbonyl (C=O) groups is 1. The van der Waals surface area contributed by atoms with Crippen molar-refractivity contribution in [3.8, 4) is 10.9 Å². The van der Waals surface area contributed by atoms with Crippen LogP contribution in [-0.4, -0.2) is 46.2 Å². The summed E-state index contributed by atoms with van der Waals surface area (Å²) in [6, 6.07) is 7.85. The number of piperidine rings is 3. The summed E-state index contributed by atoms with van der Waals surface area (Å²) in [5.41, 5.74) is 0.657. The van der Waals surface area contributed by atoms with E-state index in [0.717, 1.165) is 18.1 Å². The smallest absolute Gasteiger partial charge is 0.299 e. The first-order chi connectivity index (χ1) is 12.1. The number of hydrogen-bond donors (Lipinski definition) is 1. The van der Waals surface area contributed by atoms with Gasteiger partial charge in [-0.15, -0.1) is 5.10 Å². The molecule has 132 valence electrons. The lowest BCUT2D eigenvalue weighted by molar-refractivity contribution is 0.0217. The molecule has 1 aromatic heterocycles. The molecule has 1 amide bonds. The van der Waals surface area contributed by atoms with E-state index in [0.29, 0.717) is 28.5 Å². The van der Waals surface area contributed by atoms with Crippen LogP contribution in [0.3, 0.4) is 0 Å². The van der Waals surface area contributed by atoms with Gasteiger partial charge in [-0.25, -0.2) is 0 Å². The summed E-state index contributed by atoms with van der Waals surface area (Å²) in [5, 5.41) is 12.5. The number of benzene rings is 1. The monoisotopic (exact) mass is 358 g/mol. The number of carbonyl (C=O) groups excluding carboxylic acids is 1. The second-order valence-electron chi connectivity index (χ2n) is 6.83. The van der Waals surface area contributed by atoms with Gasteiger partial charge in [0.15, 0.2) is 0 Å². The van der Waals surface area contributed by atoms with Crippen molar-refractivity contribution < 1.29 is 9.53 Å². The molecular formula is C18H22N4O2S. The molecule has 2 bridgehead atoms. The number of ether oxygens (including phenoxy) is 1. The van der Waals surface area contributed by atoms with Crippen molar-refractivity contribution in [2.75, 3.05) is 13.1 Å². The maximum Gasteiger partial charge on any atom is 0.299 e. The molecule has 3 saturated heterocycles. The summed E-state index contributed by atoms with van der Waals surface area (Å²) in [7, 11) is 0. The molecule has 2 atom stereocenters. The van der Waals surface area contributed by atoms with E-state index in [1.807, 2.05) is 6.92 Å². The second-order valence-corrected chi connectivity index (χ2v) is 7.97. The molecule has 3 aliphatic rings. The van der Waals surface area contributed by atoms with Gasteiger partial charge in [0, 0.05) is 17.6 Å². The highest BCUT2D eigenvalue weighted by Gasteiger charge is 2.40. The minimum absolute atomic E-state index is 0.0103. The lowest BCUT2D eigenvalue weighted by Gasteiger charge is -2.49. The molecule has 25 heavy (non-hydrogen) atoms. The summed E-state index contributed by atoms with van der Waals surface area (Å²) in [5.74, 6) is 1.25. The van der Waals surface area contributed by atoms with Crippen molar-refractivity contribution in [3.05, 3.63) is 34.8 Å². The molecule has 0 unspecified atom stereocenters. The van der Waals surface area contributed by atoms with E-state index in [2.05, 4.69) is 27.3 Å². The Balaban J connectivity index is 1.40. The molecule has 0 aliphatic carbocycles. The maximum absolute atomic E-state index is 12.6. The van der Waals surface area contributed by atoms with E-state index < -0.39 is 0 Å². The van der Waals surface area contributed by atoms with Gasteiger partial charge in [-0.3, -0.25) is 9.69 Å². The van der Waals surface area contributed by atoms with Gasteiger partial charge < -0.3 is 10.1 Å². The molecule has 3 fully saturated rings. The van der Waals surface area contributed by atoms with Crippen LogP contribution >= 0.6 is 11.3 Å². The van der Waals surface area contributed by atoms with Gasteiger partial charge in [-0.1, -0.05) is 16.4 Å². The van der Waals surface area contributed by atoms with Crippen LogP contribution in [0.25, 0.3) is 0 Å². The summed E-state index contributed by atoms with van der Waals surface area (Å²) in [4.78, 5) is 15.1. The van der Waals surface area contributed by atoms with Crippen LogP contribution in [-0.2, 0) is 0 Å². The highest BCUT2D eigenvalue weighted by Crippen LogP contribution is 2.32. The molecular weight excluding hydrogens is 336 g/mol. The molecule has 0 saturated carbocycles. The zero-order valence-electron chi connectivity index (χ0n) is 14.4. The highest BCUT2D eigenvalue weighted by atomic mass is 32.1. The Morgan fingerprint density at radius 1 is 1.24 bits per heavy atom.